The van der Waals surface area contributed by atoms with Crippen LogP contribution >= 0.6 is 0 Å². The van der Waals surface area contributed by atoms with E-state index in [0.717, 1.165) is 12.5 Å². The van der Waals surface area contributed by atoms with Gasteiger partial charge >= 0.3 is 0 Å². The maximum absolute atomic E-state index is 5.44. The highest BCUT2D eigenvalue weighted by atomic mass is 15.1. The molecule has 0 spiro atoms. The average Bonchev–Trinajstić information content (AvgIpc) is 2.10. The first-order valence-corrected chi connectivity index (χ1v) is 5.50. The lowest BCUT2D eigenvalue weighted by Gasteiger charge is -2.27. The molecule has 0 fully saturated rings. The van der Waals surface area contributed by atoms with Crippen molar-refractivity contribution in [3.63, 3.8) is 0 Å². The van der Waals surface area contributed by atoms with Gasteiger partial charge in [-0.1, -0.05) is 20.3 Å². The molecule has 0 saturated heterocycles. The van der Waals surface area contributed by atoms with E-state index >= 15 is 0 Å². The molecule has 0 aromatic rings. The summed E-state index contributed by atoms with van der Waals surface area (Å²) in [5.74, 6) is 0.750. The summed E-state index contributed by atoms with van der Waals surface area (Å²) < 4.78 is 0. The van der Waals surface area contributed by atoms with Crippen molar-refractivity contribution in [1.29, 1.82) is 0 Å². The second kappa shape index (κ2) is 7.34. The van der Waals surface area contributed by atoms with E-state index in [-0.39, 0.29) is 0 Å². The summed E-state index contributed by atoms with van der Waals surface area (Å²) in [6.07, 6.45) is 3.72. The van der Waals surface area contributed by atoms with Crippen molar-refractivity contribution >= 4 is 0 Å². The topological polar surface area (TPSA) is 29.3 Å². The van der Waals surface area contributed by atoms with Crippen LogP contribution in [0.25, 0.3) is 0 Å². The summed E-state index contributed by atoms with van der Waals surface area (Å²) in [6.45, 7) is 8.90. The van der Waals surface area contributed by atoms with Crippen LogP contribution in [-0.2, 0) is 0 Å². The van der Waals surface area contributed by atoms with Crippen LogP contribution in [0.1, 0.15) is 40.0 Å². The molecule has 0 aliphatic heterocycles. The van der Waals surface area contributed by atoms with Gasteiger partial charge in [-0.05, 0) is 45.8 Å². The zero-order valence-electron chi connectivity index (χ0n) is 9.71. The summed E-state index contributed by atoms with van der Waals surface area (Å²) in [5.41, 5.74) is 5.44. The zero-order chi connectivity index (χ0) is 10.3. The Morgan fingerprint density at radius 3 is 2.15 bits per heavy atom. The SMILES string of the molecule is CC(C)C(C)N(C)CCCCCN. The highest BCUT2D eigenvalue weighted by molar-refractivity contribution is 4.66. The van der Waals surface area contributed by atoms with E-state index in [1.165, 1.54) is 25.8 Å². The Bertz CT molecular complexity index is 113. The Labute approximate surface area is 83.5 Å². The van der Waals surface area contributed by atoms with Crippen molar-refractivity contribution in [3.05, 3.63) is 0 Å². The molecule has 0 aromatic carbocycles. The fraction of sp³-hybridized carbons (Fsp3) is 1.00. The molecule has 2 heteroatoms. The minimum atomic E-state index is 0.692. The van der Waals surface area contributed by atoms with Crippen LogP contribution in [0.3, 0.4) is 0 Å². The second-order valence-corrected chi connectivity index (χ2v) is 4.31. The summed E-state index contributed by atoms with van der Waals surface area (Å²) in [6, 6.07) is 0.692. The molecule has 0 radical (unpaired) electrons. The molecule has 2 nitrogen and oxygen atoms in total. The number of hydrogen-bond acceptors (Lipinski definition) is 2. The molecule has 0 rings (SSSR count). The molecule has 1 unspecified atom stereocenters. The normalized spacial score (nSPS) is 14.1. The lowest BCUT2D eigenvalue weighted by Crippen LogP contribution is -2.33. The molecule has 0 amide bonds. The first-order valence-electron chi connectivity index (χ1n) is 5.50. The summed E-state index contributed by atoms with van der Waals surface area (Å²) >= 11 is 0. The third-order valence-corrected chi connectivity index (χ3v) is 2.88. The number of nitrogens with zero attached hydrogens (tertiary/aromatic N) is 1. The van der Waals surface area contributed by atoms with Crippen molar-refractivity contribution in [2.75, 3.05) is 20.1 Å². The van der Waals surface area contributed by atoms with Gasteiger partial charge in [0.1, 0.15) is 0 Å². The molecule has 0 heterocycles. The van der Waals surface area contributed by atoms with Gasteiger partial charge in [-0.15, -0.1) is 0 Å². The number of rotatable bonds is 7. The Morgan fingerprint density at radius 2 is 1.69 bits per heavy atom. The maximum atomic E-state index is 5.44. The van der Waals surface area contributed by atoms with Gasteiger partial charge in [0.05, 0.1) is 0 Å². The Morgan fingerprint density at radius 1 is 1.08 bits per heavy atom. The van der Waals surface area contributed by atoms with Crippen LogP contribution in [0.4, 0.5) is 0 Å². The van der Waals surface area contributed by atoms with Crippen molar-refractivity contribution in [2.24, 2.45) is 11.7 Å². The highest BCUT2D eigenvalue weighted by Gasteiger charge is 2.11. The van der Waals surface area contributed by atoms with Crippen LogP contribution in [0.15, 0.2) is 0 Å². The molecule has 1 atom stereocenters. The zero-order valence-corrected chi connectivity index (χ0v) is 9.71. The third kappa shape index (κ3) is 6.05. The predicted octanol–water partition coefficient (Wildman–Crippen LogP) is 2.09. The minimum absolute atomic E-state index is 0.692. The molecule has 13 heavy (non-hydrogen) atoms. The fourth-order valence-electron chi connectivity index (χ4n) is 1.39. The monoisotopic (exact) mass is 186 g/mol. The molecule has 0 aliphatic rings. The van der Waals surface area contributed by atoms with E-state index in [4.69, 9.17) is 5.73 Å². The standard InChI is InChI=1S/C11H26N2/c1-10(2)11(3)13(4)9-7-5-6-8-12/h10-11H,5-9,12H2,1-4H3. The van der Waals surface area contributed by atoms with Gasteiger partial charge in [0.15, 0.2) is 0 Å². The van der Waals surface area contributed by atoms with Gasteiger partial charge in [-0.3, -0.25) is 0 Å². The average molecular weight is 186 g/mol. The maximum Gasteiger partial charge on any atom is 0.00868 e. The van der Waals surface area contributed by atoms with Gasteiger partial charge in [0.2, 0.25) is 0 Å². The largest absolute Gasteiger partial charge is 0.330 e. The number of unbranched alkanes of at least 4 members (excludes halogenated alkanes) is 2. The molecular formula is C11H26N2. The van der Waals surface area contributed by atoms with Gasteiger partial charge in [-0.2, -0.15) is 0 Å². The molecule has 0 aliphatic carbocycles. The molecule has 0 saturated carbocycles. The summed E-state index contributed by atoms with van der Waals surface area (Å²) in [5, 5.41) is 0. The van der Waals surface area contributed by atoms with Gasteiger partial charge < -0.3 is 10.6 Å². The molecule has 2 N–H and O–H groups in total. The van der Waals surface area contributed by atoms with Crippen molar-refractivity contribution in [1.82, 2.24) is 4.90 Å². The first-order chi connectivity index (χ1) is 6.09. The highest BCUT2D eigenvalue weighted by Crippen LogP contribution is 2.08. The Hall–Kier alpha value is -0.0800. The smallest absolute Gasteiger partial charge is 0.00868 e. The molecule has 80 valence electrons. The number of nitrogens with two attached hydrogens (primary N) is 1. The Kier molecular flexibility index (Phi) is 7.29. The molecular weight excluding hydrogens is 160 g/mol. The van der Waals surface area contributed by atoms with Crippen LogP contribution in [0.2, 0.25) is 0 Å². The minimum Gasteiger partial charge on any atom is -0.330 e. The third-order valence-electron chi connectivity index (χ3n) is 2.88. The van der Waals surface area contributed by atoms with Crippen molar-refractivity contribution in [3.8, 4) is 0 Å². The fourth-order valence-corrected chi connectivity index (χ4v) is 1.39. The van der Waals surface area contributed by atoms with E-state index in [9.17, 15) is 0 Å². The van der Waals surface area contributed by atoms with Crippen molar-refractivity contribution < 1.29 is 0 Å². The quantitative estimate of drug-likeness (QED) is 0.617. The van der Waals surface area contributed by atoms with Crippen LogP contribution in [-0.4, -0.2) is 31.1 Å². The number of hydrogen-bond donors (Lipinski definition) is 1. The van der Waals surface area contributed by atoms with E-state index in [0.29, 0.717) is 6.04 Å². The van der Waals surface area contributed by atoms with E-state index < -0.39 is 0 Å². The summed E-state index contributed by atoms with van der Waals surface area (Å²) in [4.78, 5) is 2.45. The first kappa shape index (κ1) is 12.9. The molecule has 0 aromatic heterocycles. The van der Waals surface area contributed by atoms with Crippen LogP contribution in [0, 0.1) is 5.92 Å². The van der Waals surface area contributed by atoms with Crippen LogP contribution < -0.4 is 5.73 Å². The lowest BCUT2D eigenvalue weighted by atomic mass is 10.0. The van der Waals surface area contributed by atoms with Gasteiger partial charge in [-0.25, -0.2) is 0 Å². The van der Waals surface area contributed by atoms with Gasteiger partial charge in [0, 0.05) is 6.04 Å². The van der Waals surface area contributed by atoms with Gasteiger partial charge in [0.25, 0.3) is 0 Å². The van der Waals surface area contributed by atoms with E-state index in [1.807, 2.05) is 0 Å². The Balaban J connectivity index is 3.44. The van der Waals surface area contributed by atoms with Crippen LogP contribution in [0.5, 0.6) is 0 Å². The lowest BCUT2D eigenvalue weighted by molar-refractivity contribution is 0.204. The predicted molar refractivity (Wildman–Crippen MR) is 59.8 cm³/mol. The molecule has 0 bridgehead atoms. The summed E-state index contributed by atoms with van der Waals surface area (Å²) in [7, 11) is 2.22. The van der Waals surface area contributed by atoms with E-state index in [2.05, 4.69) is 32.7 Å². The van der Waals surface area contributed by atoms with E-state index in [1.54, 1.807) is 0 Å². The second-order valence-electron chi connectivity index (χ2n) is 4.31. The van der Waals surface area contributed by atoms with Crippen molar-refractivity contribution in [2.45, 2.75) is 46.1 Å².